The minimum atomic E-state index is -0.489. The minimum Gasteiger partial charge on any atom is -0.347 e. The lowest BCUT2D eigenvalue weighted by atomic mass is 10.0. The summed E-state index contributed by atoms with van der Waals surface area (Å²) in [7, 11) is 0. The molecule has 2 aliphatic rings. The minimum absolute atomic E-state index is 0.0568. The molecule has 0 unspecified atom stereocenters. The van der Waals surface area contributed by atoms with Crippen molar-refractivity contribution in [2.24, 2.45) is 5.73 Å². The highest BCUT2D eigenvalue weighted by atomic mass is 16.2. The molecule has 4 N–H and O–H groups in total. The molecule has 0 bridgehead atoms. The highest BCUT2D eigenvalue weighted by Crippen LogP contribution is 2.24. The van der Waals surface area contributed by atoms with E-state index in [0.29, 0.717) is 31.5 Å². The molecule has 0 saturated carbocycles. The molecule has 26 heavy (non-hydrogen) atoms. The summed E-state index contributed by atoms with van der Waals surface area (Å²) in [6.07, 6.45) is 2.69. The first-order valence-corrected chi connectivity index (χ1v) is 9.18. The molecule has 0 spiro atoms. The molecule has 3 rings (SSSR count). The molecule has 3 atom stereocenters. The van der Waals surface area contributed by atoms with Crippen molar-refractivity contribution in [1.82, 2.24) is 15.5 Å². The Morgan fingerprint density at radius 3 is 2.69 bits per heavy atom. The lowest BCUT2D eigenvalue weighted by Gasteiger charge is -2.34. The Morgan fingerprint density at radius 1 is 1.27 bits per heavy atom. The molecule has 2 saturated heterocycles. The van der Waals surface area contributed by atoms with E-state index in [1.165, 1.54) is 0 Å². The highest BCUT2D eigenvalue weighted by molar-refractivity contribution is 5.98. The van der Waals surface area contributed by atoms with Crippen LogP contribution < -0.4 is 16.4 Å². The summed E-state index contributed by atoms with van der Waals surface area (Å²) in [6.45, 7) is 2.92. The first-order valence-electron chi connectivity index (χ1n) is 9.18. The molecule has 1 aromatic rings. The Hall–Kier alpha value is -2.41. The topological polar surface area (TPSA) is 105 Å². The van der Waals surface area contributed by atoms with E-state index < -0.39 is 12.1 Å². The van der Waals surface area contributed by atoms with E-state index in [1.54, 1.807) is 17.0 Å². The van der Waals surface area contributed by atoms with Gasteiger partial charge in [-0.3, -0.25) is 14.4 Å². The molecule has 2 fully saturated rings. The molecule has 140 valence electrons. The number of carbonyl (C=O) groups excluding carboxylic acids is 3. The molecular formula is C19H26N4O3. The van der Waals surface area contributed by atoms with Crippen molar-refractivity contribution in [3.63, 3.8) is 0 Å². The Morgan fingerprint density at radius 2 is 2.00 bits per heavy atom. The van der Waals surface area contributed by atoms with Gasteiger partial charge < -0.3 is 21.3 Å². The maximum Gasteiger partial charge on any atom is 0.251 e. The second kappa shape index (κ2) is 7.86. The summed E-state index contributed by atoms with van der Waals surface area (Å²) in [5, 5.41) is 5.77. The van der Waals surface area contributed by atoms with Gasteiger partial charge >= 0.3 is 0 Å². The fraction of sp³-hybridized carbons (Fsp3) is 0.526. The van der Waals surface area contributed by atoms with Crippen LogP contribution in [0.1, 0.15) is 41.6 Å². The monoisotopic (exact) mass is 358 g/mol. The molecule has 7 heteroatoms. The molecule has 1 aromatic carbocycles. The van der Waals surface area contributed by atoms with Crippen LogP contribution in [0, 0.1) is 6.92 Å². The van der Waals surface area contributed by atoms with Gasteiger partial charge in [-0.2, -0.15) is 0 Å². The predicted molar refractivity (Wildman–Crippen MR) is 97.4 cm³/mol. The number of nitrogens with zero attached hydrogens (tertiary/aromatic N) is 1. The summed E-state index contributed by atoms with van der Waals surface area (Å²) >= 11 is 0. The summed E-state index contributed by atoms with van der Waals surface area (Å²) in [5.74, 6) is -0.365. The maximum atomic E-state index is 12.7. The van der Waals surface area contributed by atoms with Crippen LogP contribution in [0.15, 0.2) is 24.3 Å². The standard InChI is InChI=1S/C19H26N4O3/c1-12-5-7-13(8-6-12)17(24)21-14-10-16-18(25)22-15(4-2-3-9-20)19(26)23(16)11-14/h5-8,14-16H,2-4,9-11,20H2,1H3,(H,21,24)(H,22,25)/t14-,15-,16-/m0/s1. The first kappa shape index (κ1) is 18.4. The zero-order chi connectivity index (χ0) is 18.7. The lowest BCUT2D eigenvalue weighted by molar-refractivity contribution is -0.147. The fourth-order valence-electron chi connectivity index (χ4n) is 3.62. The van der Waals surface area contributed by atoms with E-state index in [1.807, 2.05) is 19.1 Å². The largest absolute Gasteiger partial charge is 0.347 e. The number of fused-ring (bicyclic) bond motifs is 1. The van der Waals surface area contributed by atoms with Crippen LogP contribution in [-0.2, 0) is 9.59 Å². The molecule has 7 nitrogen and oxygen atoms in total. The number of nitrogens with one attached hydrogen (secondary N) is 2. The number of piperazine rings is 1. The fourth-order valence-corrected chi connectivity index (χ4v) is 3.62. The molecule has 2 aliphatic heterocycles. The quantitative estimate of drug-likeness (QED) is 0.637. The third kappa shape index (κ3) is 3.88. The van der Waals surface area contributed by atoms with E-state index in [2.05, 4.69) is 10.6 Å². The van der Waals surface area contributed by atoms with Crippen molar-refractivity contribution >= 4 is 17.7 Å². The normalized spacial score (nSPS) is 25.0. The van der Waals surface area contributed by atoms with Gasteiger partial charge in [-0.05, 0) is 51.3 Å². The average Bonchev–Trinajstić information content (AvgIpc) is 3.04. The Kier molecular flexibility index (Phi) is 5.56. The smallest absolute Gasteiger partial charge is 0.251 e. The van der Waals surface area contributed by atoms with Crippen molar-refractivity contribution in [1.29, 1.82) is 0 Å². The predicted octanol–water partition coefficient (Wildman–Crippen LogP) is 0.322. The van der Waals surface area contributed by atoms with Gasteiger partial charge in [0.1, 0.15) is 12.1 Å². The number of amides is 3. The second-order valence-electron chi connectivity index (χ2n) is 7.12. The number of aryl methyl sites for hydroxylation is 1. The van der Waals surface area contributed by atoms with Crippen LogP contribution in [0.4, 0.5) is 0 Å². The van der Waals surface area contributed by atoms with Gasteiger partial charge in [0, 0.05) is 18.2 Å². The Bertz CT molecular complexity index is 689. The molecule has 0 aromatic heterocycles. The van der Waals surface area contributed by atoms with Gasteiger partial charge in [0.2, 0.25) is 11.8 Å². The third-order valence-corrected chi connectivity index (χ3v) is 5.10. The molecular weight excluding hydrogens is 332 g/mol. The van der Waals surface area contributed by atoms with E-state index >= 15 is 0 Å². The number of benzene rings is 1. The summed E-state index contributed by atoms with van der Waals surface area (Å²) in [6, 6.07) is 6.14. The average molecular weight is 358 g/mol. The van der Waals surface area contributed by atoms with Gasteiger partial charge in [-0.25, -0.2) is 0 Å². The van der Waals surface area contributed by atoms with Crippen LogP contribution in [0.25, 0.3) is 0 Å². The number of hydrogen-bond donors (Lipinski definition) is 3. The summed E-state index contributed by atoms with van der Waals surface area (Å²) < 4.78 is 0. The van der Waals surface area contributed by atoms with Gasteiger partial charge in [-0.1, -0.05) is 17.7 Å². The van der Waals surface area contributed by atoms with E-state index in [0.717, 1.165) is 18.4 Å². The van der Waals surface area contributed by atoms with Crippen molar-refractivity contribution in [3.05, 3.63) is 35.4 Å². The van der Waals surface area contributed by atoms with Gasteiger partial charge in [0.25, 0.3) is 5.91 Å². The van der Waals surface area contributed by atoms with Gasteiger partial charge in [0.05, 0.1) is 0 Å². The van der Waals surface area contributed by atoms with E-state index in [9.17, 15) is 14.4 Å². The van der Waals surface area contributed by atoms with Crippen LogP contribution >= 0.6 is 0 Å². The van der Waals surface area contributed by atoms with Crippen LogP contribution in [0.5, 0.6) is 0 Å². The Balaban J connectivity index is 1.61. The summed E-state index contributed by atoms with van der Waals surface area (Å²) in [5.41, 5.74) is 7.15. The van der Waals surface area contributed by atoms with Gasteiger partial charge in [0.15, 0.2) is 0 Å². The van der Waals surface area contributed by atoms with Crippen molar-refractivity contribution in [2.45, 2.75) is 50.7 Å². The molecule has 3 amide bonds. The molecule has 2 heterocycles. The van der Waals surface area contributed by atoms with Crippen molar-refractivity contribution in [3.8, 4) is 0 Å². The van der Waals surface area contributed by atoms with Crippen LogP contribution in [-0.4, -0.2) is 53.8 Å². The lowest BCUT2D eigenvalue weighted by Crippen LogP contribution is -2.61. The van der Waals surface area contributed by atoms with Gasteiger partial charge in [-0.15, -0.1) is 0 Å². The van der Waals surface area contributed by atoms with Crippen LogP contribution in [0.2, 0.25) is 0 Å². The number of rotatable bonds is 6. The van der Waals surface area contributed by atoms with E-state index in [4.69, 9.17) is 5.73 Å². The number of nitrogens with two attached hydrogens (primary N) is 1. The first-order chi connectivity index (χ1) is 12.5. The molecule has 0 aliphatic carbocycles. The van der Waals surface area contributed by atoms with Crippen LogP contribution in [0.3, 0.4) is 0 Å². The highest BCUT2D eigenvalue weighted by Gasteiger charge is 2.46. The number of carbonyl (C=O) groups is 3. The maximum absolute atomic E-state index is 12.7. The summed E-state index contributed by atoms with van der Waals surface area (Å²) in [4.78, 5) is 39.0. The number of unbranched alkanes of at least 4 members (excludes halogenated alkanes) is 1. The van der Waals surface area contributed by atoms with E-state index in [-0.39, 0.29) is 23.8 Å². The van der Waals surface area contributed by atoms with Crippen molar-refractivity contribution < 1.29 is 14.4 Å². The van der Waals surface area contributed by atoms with Crippen molar-refractivity contribution in [2.75, 3.05) is 13.1 Å². The SMILES string of the molecule is Cc1ccc(C(=O)N[C@H]2C[C@H]3C(=O)N[C@@H](CCCCN)C(=O)N3C2)cc1. The second-order valence-corrected chi connectivity index (χ2v) is 7.12. The number of hydrogen-bond acceptors (Lipinski definition) is 4. The zero-order valence-electron chi connectivity index (χ0n) is 15.0. The molecule has 0 radical (unpaired) electrons. The Labute approximate surface area is 153 Å². The third-order valence-electron chi connectivity index (χ3n) is 5.10. The zero-order valence-corrected chi connectivity index (χ0v) is 15.0.